The third-order valence-electron chi connectivity index (χ3n) is 3.06. The van der Waals surface area contributed by atoms with Gasteiger partial charge < -0.3 is 9.84 Å². The van der Waals surface area contributed by atoms with Gasteiger partial charge in [-0.3, -0.25) is 4.90 Å². The van der Waals surface area contributed by atoms with Gasteiger partial charge in [-0.05, 0) is 25.6 Å². The van der Waals surface area contributed by atoms with Crippen molar-refractivity contribution in [3.05, 3.63) is 53.4 Å². The molecule has 0 radical (unpaired) electrons. The molecule has 0 fully saturated rings. The zero-order valence-electron chi connectivity index (χ0n) is 12.3. The molecule has 1 aromatic carbocycles. The van der Waals surface area contributed by atoms with Gasteiger partial charge in [-0.2, -0.15) is 0 Å². The fraction of sp³-hybridized carbons (Fsp3) is 0.438. The lowest BCUT2D eigenvalue weighted by molar-refractivity contribution is 0.265. The van der Waals surface area contributed by atoms with Gasteiger partial charge in [-0.25, -0.2) is 0 Å². The van der Waals surface area contributed by atoms with E-state index in [2.05, 4.69) is 53.6 Å². The smallest absolute Gasteiger partial charge is 0.151 e. The predicted octanol–water partition coefficient (Wildman–Crippen LogP) is 2.81. The highest BCUT2D eigenvalue weighted by molar-refractivity contribution is 5.14. The van der Waals surface area contributed by atoms with Crippen molar-refractivity contribution in [2.75, 3.05) is 13.6 Å². The van der Waals surface area contributed by atoms with E-state index in [0.717, 1.165) is 44.1 Å². The molecule has 0 aliphatic carbocycles. The minimum Gasteiger partial charge on any atom is -0.360 e. The van der Waals surface area contributed by atoms with Crippen molar-refractivity contribution < 1.29 is 4.52 Å². The SMILES string of the molecule is CCCNCc1cc(CN(C)Cc2ccccc2)on1. The molecule has 0 bridgehead atoms. The number of hydrogen-bond acceptors (Lipinski definition) is 4. The van der Waals surface area contributed by atoms with Gasteiger partial charge in [0.25, 0.3) is 0 Å². The van der Waals surface area contributed by atoms with E-state index in [4.69, 9.17) is 4.52 Å². The number of nitrogens with zero attached hydrogens (tertiary/aromatic N) is 2. The molecular formula is C16H23N3O. The van der Waals surface area contributed by atoms with E-state index in [0.29, 0.717) is 0 Å². The third-order valence-corrected chi connectivity index (χ3v) is 3.06. The van der Waals surface area contributed by atoms with Gasteiger partial charge in [0.05, 0.1) is 12.2 Å². The van der Waals surface area contributed by atoms with Gasteiger partial charge in [0, 0.05) is 19.2 Å². The Morgan fingerprint density at radius 3 is 2.75 bits per heavy atom. The first-order valence-corrected chi connectivity index (χ1v) is 7.15. The second-order valence-electron chi connectivity index (χ2n) is 5.12. The largest absolute Gasteiger partial charge is 0.360 e. The molecule has 0 unspecified atom stereocenters. The summed E-state index contributed by atoms with van der Waals surface area (Å²) in [4.78, 5) is 2.22. The average Bonchev–Trinajstić information content (AvgIpc) is 2.87. The Balaban J connectivity index is 1.80. The van der Waals surface area contributed by atoms with Crippen LogP contribution < -0.4 is 5.32 Å². The van der Waals surface area contributed by atoms with Crippen LogP contribution in [-0.4, -0.2) is 23.6 Å². The Labute approximate surface area is 120 Å². The molecule has 0 atom stereocenters. The van der Waals surface area contributed by atoms with Crippen LogP contribution in [0.5, 0.6) is 0 Å². The van der Waals surface area contributed by atoms with Gasteiger partial charge in [-0.1, -0.05) is 42.4 Å². The summed E-state index contributed by atoms with van der Waals surface area (Å²) in [5, 5.41) is 7.41. The molecule has 4 heteroatoms. The number of rotatable bonds is 8. The van der Waals surface area contributed by atoms with Crippen LogP contribution in [0.2, 0.25) is 0 Å². The van der Waals surface area contributed by atoms with Gasteiger partial charge in [0.15, 0.2) is 5.76 Å². The minimum absolute atomic E-state index is 0.773. The van der Waals surface area contributed by atoms with Gasteiger partial charge in [0.1, 0.15) is 0 Å². The van der Waals surface area contributed by atoms with E-state index in [1.165, 1.54) is 5.56 Å². The summed E-state index contributed by atoms with van der Waals surface area (Å²) in [6.45, 7) is 5.62. The fourth-order valence-corrected chi connectivity index (χ4v) is 2.12. The Hall–Kier alpha value is -1.65. The molecule has 4 nitrogen and oxygen atoms in total. The van der Waals surface area contributed by atoms with E-state index >= 15 is 0 Å². The van der Waals surface area contributed by atoms with Crippen molar-refractivity contribution in [3.8, 4) is 0 Å². The molecule has 20 heavy (non-hydrogen) atoms. The maximum Gasteiger partial charge on any atom is 0.151 e. The third kappa shape index (κ3) is 4.79. The normalized spacial score (nSPS) is 11.2. The Morgan fingerprint density at radius 1 is 1.20 bits per heavy atom. The molecule has 1 heterocycles. The van der Waals surface area contributed by atoms with E-state index in [1.54, 1.807) is 0 Å². The van der Waals surface area contributed by atoms with Crippen molar-refractivity contribution in [3.63, 3.8) is 0 Å². The molecule has 0 spiro atoms. The van der Waals surface area contributed by atoms with Gasteiger partial charge >= 0.3 is 0 Å². The summed E-state index contributed by atoms with van der Waals surface area (Å²) < 4.78 is 5.37. The first-order valence-electron chi connectivity index (χ1n) is 7.15. The van der Waals surface area contributed by atoms with E-state index in [1.807, 2.05) is 12.1 Å². The zero-order chi connectivity index (χ0) is 14.2. The Bertz CT molecular complexity index is 495. The molecule has 108 valence electrons. The van der Waals surface area contributed by atoms with Crippen LogP contribution in [0.15, 0.2) is 40.9 Å². The molecule has 1 aromatic heterocycles. The summed E-state index contributed by atoms with van der Waals surface area (Å²) >= 11 is 0. The maximum atomic E-state index is 5.37. The highest BCUT2D eigenvalue weighted by atomic mass is 16.5. The van der Waals surface area contributed by atoms with Gasteiger partial charge in [0.2, 0.25) is 0 Å². The Morgan fingerprint density at radius 2 is 2.00 bits per heavy atom. The number of hydrogen-bond donors (Lipinski definition) is 1. The zero-order valence-corrected chi connectivity index (χ0v) is 12.3. The van der Waals surface area contributed by atoms with E-state index in [-0.39, 0.29) is 0 Å². The quantitative estimate of drug-likeness (QED) is 0.751. The van der Waals surface area contributed by atoms with Crippen molar-refractivity contribution in [2.45, 2.75) is 33.0 Å². The molecule has 0 aliphatic rings. The summed E-state index contributed by atoms with van der Waals surface area (Å²) in [5.41, 5.74) is 2.28. The highest BCUT2D eigenvalue weighted by Gasteiger charge is 2.07. The molecule has 0 amide bonds. The standard InChI is InChI=1S/C16H23N3O/c1-3-9-17-11-15-10-16(20-18-15)13-19(2)12-14-7-5-4-6-8-14/h4-8,10,17H,3,9,11-13H2,1-2H3. The summed E-state index contributed by atoms with van der Waals surface area (Å²) in [7, 11) is 2.09. The molecule has 0 saturated heterocycles. The van der Waals surface area contributed by atoms with Crippen molar-refractivity contribution in [2.24, 2.45) is 0 Å². The van der Waals surface area contributed by atoms with Crippen molar-refractivity contribution >= 4 is 0 Å². The molecule has 0 saturated carbocycles. The van der Waals surface area contributed by atoms with Crippen LogP contribution in [0.25, 0.3) is 0 Å². The van der Waals surface area contributed by atoms with Crippen LogP contribution in [0, 0.1) is 0 Å². The van der Waals surface area contributed by atoms with Crippen LogP contribution in [0.1, 0.15) is 30.4 Å². The number of benzene rings is 1. The van der Waals surface area contributed by atoms with E-state index in [9.17, 15) is 0 Å². The minimum atomic E-state index is 0.773. The highest BCUT2D eigenvalue weighted by Crippen LogP contribution is 2.09. The number of nitrogens with one attached hydrogen (secondary N) is 1. The topological polar surface area (TPSA) is 41.3 Å². The molecule has 1 N–H and O–H groups in total. The second-order valence-corrected chi connectivity index (χ2v) is 5.12. The lowest BCUT2D eigenvalue weighted by Gasteiger charge is -2.14. The predicted molar refractivity (Wildman–Crippen MR) is 80.1 cm³/mol. The first-order chi connectivity index (χ1) is 9.78. The summed E-state index contributed by atoms with van der Waals surface area (Å²) in [6, 6.07) is 12.5. The lowest BCUT2D eigenvalue weighted by Crippen LogP contribution is -2.16. The van der Waals surface area contributed by atoms with Crippen LogP contribution in [-0.2, 0) is 19.6 Å². The van der Waals surface area contributed by atoms with Crippen LogP contribution in [0.3, 0.4) is 0 Å². The van der Waals surface area contributed by atoms with Crippen LogP contribution in [0.4, 0.5) is 0 Å². The van der Waals surface area contributed by atoms with Crippen LogP contribution >= 0.6 is 0 Å². The van der Waals surface area contributed by atoms with Crippen molar-refractivity contribution in [1.82, 2.24) is 15.4 Å². The second kappa shape index (κ2) is 7.82. The molecular weight excluding hydrogens is 250 g/mol. The fourth-order valence-electron chi connectivity index (χ4n) is 2.12. The monoisotopic (exact) mass is 273 g/mol. The van der Waals surface area contributed by atoms with Gasteiger partial charge in [-0.15, -0.1) is 0 Å². The number of aromatic nitrogens is 1. The molecule has 2 aromatic rings. The summed E-state index contributed by atoms with van der Waals surface area (Å²) in [6.07, 6.45) is 1.13. The summed E-state index contributed by atoms with van der Waals surface area (Å²) in [5.74, 6) is 0.914. The van der Waals surface area contributed by atoms with Crippen molar-refractivity contribution in [1.29, 1.82) is 0 Å². The average molecular weight is 273 g/mol. The molecule has 2 rings (SSSR count). The lowest BCUT2D eigenvalue weighted by atomic mass is 10.2. The maximum absolute atomic E-state index is 5.37. The Kier molecular flexibility index (Phi) is 5.77. The molecule has 0 aliphatic heterocycles. The first kappa shape index (κ1) is 14.8. The van der Waals surface area contributed by atoms with E-state index < -0.39 is 0 Å².